The summed E-state index contributed by atoms with van der Waals surface area (Å²) in [5.41, 5.74) is 2.94. The molecule has 6 nitrogen and oxygen atoms in total. The van der Waals surface area contributed by atoms with Gasteiger partial charge in [0.15, 0.2) is 0 Å². The van der Waals surface area contributed by atoms with Crippen LogP contribution in [0.25, 0.3) is 0 Å². The summed E-state index contributed by atoms with van der Waals surface area (Å²) in [6.07, 6.45) is -0.145. The van der Waals surface area contributed by atoms with E-state index in [1.54, 1.807) is 29.2 Å². The van der Waals surface area contributed by atoms with Gasteiger partial charge in [0.2, 0.25) is 0 Å². The van der Waals surface area contributed by atoms with Crippen molar-refractivity contribution in [3.05, 3.63) is 94.5 Å². The van der Waals surface area contributed by atoms with Crippen LogP contribution in [-0.2, 0) is 4.74 Å². The molecule has 0 radical (unpaired) electrons. The predicted molar refractivity (Wildman–Crippen MR) is 124 cm³/mol. The molecule has 1 fully saturated rings. The van der Waals surface area contributed by atoms with Crippen LogP contribution in [0.3, 0.4) is 0 Å². The van der Waals surface area contributed by atoms with Crippen molar-refractivity contribution in [2.24, 2.45) is 0 Å². The Morgan fingerprint density at radius 2 is 1.52 bits per heavy atom. The Balaban J connectivity index is 1.36. The molecule has 2 N–H and O–H groups in total. The molecule has 7 heteroatoms. The summed E-state index contributed by atoms with van der Waals surface area (Å²) in [6, 6.07) is 23.7. The fourth-order valence-corrected chi connectivity index (χ4v) is 3.67. The van der Waals surface area contributed by atoms with Gasteiger partial charge >= 0.3 is 6.03 Å². The highest BCUT2D eigenvalue weighted by Gasteiger charge is 2.26. The molecule has 1 aliphatic heterocycles. The molecular formula is C24H22BrN3O3. The van der Waals surface area contributed by atoms with Crippen LogP contribution in [0.2, 0.25) is 0 Å². The molecule has 3 aromatic carbocycles. The monoisotopic (exact) mass is 479 g/mol. The lowest BCUT2D eigenvalue weighted by molar-refractivity contribution is -0.0228. The first-order valence-electron chi connectivity index (χ1n) is 9.98. The first-order chi connectivity index (χ1) is 15.1. The highest BCUT2D eigenvalue weighted by atomic mass is 79.9. The van der Waals surface area contributed by atoms with Crippen molar-refractivity contribution in [2.75, 3.05) is 30.3 Å². The van der Waals surface area contributed by atoms with E-state index < -0.39 is 0 Å². The summed E-state index contributed by atoms with van der Waals surface area (Å²) >= 11 is 3.44. The number of morpholine rings is 1. The molecule has 3 aromatic rings. The Morgan fingerprint density at radius 1 is 0.871 bits per heavy atom. The zero-order valence-corrected chi connectivity index (χ0v) is 18.3. The van der Waals surface area contributed by atoms with Gasteiger partial charge in [0.1, 0.15) is 6.10 Å². The number of nitrogens with zero attached hydrogens (tertiary/aromatic N) is 1. The van der Waals surface area contributed by atoms with Crippen molar-refractivity contribution in [3.8, 4) is 0 Å². The van der Waals surface area contributed by atoms with E-state index in [9.17, 15) is 9.59 Å². The number of ether oxygens (including phenoxy) is 1. The average Bonchev–Trinajstić information content (AvgIpc) is 2.80. The Kier molecular flexibility index (Phi) is 6.64. The second-order valence-corrected chi connectivity index (χ2v) is 8.10. The van der Waals surface area contributed by atoms with Crippen LogP contribution in [0.1, 0.15) is 22.0 Å². The van der Waals surface area contributed by atoms with Gasteiger partial charge in [0.05, 0.1) is 13.2 Å². The van der Waals surface area contributed by atoms with Crippen molar-refractivity contribution in [1.82, 2.24) is 4.90 Å². The Labute approximate surface area is 189 Å². The largest absolute Gasteiger partial charge is 0.370 e. The van der Waals surface area contributed by atoms with Crippen LogP contribution in [-0.4, -0.2) is 36.5 Å². The normalized spacial score (nSPS) is 15.9. The van der Waals surface area contributed by atoms with Crippen LogP contribution in [0.5, 0.6) is 0 Å². The fraction of sp³-hybridized carbons (Fsp3) is 0.167. The van der Waals surface area contributed by atoms with E-state index in [0.717, 1.165) is 10.0 Å². The maximum atomic E-state index is 13.0. The van der Waals surface area contributed by atoms with Gasteiger partial charge in [-0.05, 0) is 54.1 Å². The van der Waals surface area contributed by atoms with E-state index >= 15 is 0 Å². The fourth-order valence-electron chi connectivity index (χ4n) is 3.41. The van der Waals surface area contributed by atoms with E-state index in [0.29, 0.717) is 36.6 Å². The molecular weight excluding hydrogens is 458 g/mol. The number of hydrogen-bond donors (Lipinski definition) is 2. The van der Waals surface area contributed by atoms with Gasteiger partial charge in [-0.15, -0.1) is 0 Å². The molecule has 158 valence electrons. The number of nitrogens with one attached hydrogen (secondary N) is 2. The molecule has 1 aliphatic rings. The predicted octanol–water partition coefficient (Wildman–Crippen LogP) is 5.31. The van der Waals surface area contributed by atoms with Crippen molar-refractivity contribution in [2.45, 2.75) is 6.10 Å². The van der Waals surface area contributed by atoms with E-state index in [1.807, 2.05) is 54.6 Å². The molecule has 1 saturated heterocycles. The number of hydrogen-bond acceptors (Lipinski definition) is 3. The van der Waals surface area contributed by atoms with Gasteiger partial charge in [-0.2, -0.15) is 0 Å². The minimum atomic E-state index is -0.337. The standard InChI is InChI=1S/C24H22BrN3O3/c25-19-10-6-17(7-11-19)22-16-28(14-15-31-22)23(29)18-8-12-21(13-9-18)27-24(30)26-20-4-2-1-3-5-20/h1-13,22H,14-16H2,(H2,26,27,30). The summed E-state index contributed by atoms with van der Waals surface area (Å²) in [7, 11) is 0. The summed E-state index contributed by atoms with van der Waals surface area (Å²) in [4.78, 5) is 26.9. The Hall–Kier alpha value is -3.16. The van der Waals surface area contributed by atoms with Crippen molar-refractivity contribution < 1.29 is 14.3 Å². The molecule has 0 spiro atoms. The Morgan fingerprint density at radius 3 is 2.19 bits per heavy atom. The third-order valence-corrected chi connectivity index (χ3v) is 5.55. The highest BCUT2D eigenvalue weighted by Crippen LogP contribution is 2.25. The van der Waals surface area contributed by atoms with E-state index in [2.05, 4.69) is 26.6 Å². The maximum Gasteiger partial charge on any atom is 0.323 e. The molecule has 0 bridgehead atoms. The Bertz CT molecular complexity index is 1040. The summed E-state index contributed by atoms with van der Waals surface area (Å²) in [5.74, 6) is -0.0503. The second-order valence-electron chi connectivity index (χ2n) is 7.18. The molecule has 0 aliphatic carbocycles. The van der Waals surface area contributed by atoms with Crippen molar-refractivity contribution >= 4 is 39.2 Å². The number of carbonyl (C=O) groups is 2. The van der Waals surface area contributed by atoms with Crippen molar-refractivity contribution in [1.29, 1.82) is 0 Å². The smallest absolute Gasteiger partial charge is 0.323 e. The summed E-state index contributed by atoms with van der Waals surface area (Å²) in [5, 5.41) is 5.53. The zero-order valence-electron chi connectivity index (χ0n) is 16.8. The van der Waals surface area contributed by atoms with Crippen LogP contribution >= 0.6 is 15.9 Å². The minimum Gasteiger partial charge on any atom is -0.370 e. The molecule has 1 heterocycles. The van der Waals surface area contributed by atoms with E-state index in [-0.39, 0.29) is 18.0 Å². The average molecular weight is 480 g/mol. The topological polar surface area (TPSA) is 70.7 Å². The number of urea groups is 1. The number of halogens is 1. The zero-order chi connectivity index (χ0) is 21.6. The maximum absolute atomic E-state index is 13.0. The van der Waals surface area contributed by atoms with Gasteiger partial charge in [-0.1, -0.05) is 46.3 Å². The number of para-hydroxylation sites is 1. The van der Waals surface area contributed by atoms with Gasteiger partial charge in [0.25, 0.3) is 5.91 Å². The minimum absolute atomic E-state index is 0.0503. The van der Waals surface area contributed by atoms with E-state index in [1.165, 1.54) is 0 Å². The van der Waals surface area contributed by atoms with Gasteiger partial charge < -0.3 is 20.3 Å². The lowest BCUT2D eigenvalue weighted by Crippen LogP contribution is -2.42. The van der Waals surface area contributed by atoms with Crippen molar-refractivity contribution in [3.63, 3.8) is 0 Å². The second kappa shape index (κ2) is 9.76. The quantitative estimate of drug-likeness (QED) is 0.532. The van der Waals surface area contributed by atoms with Crippen LogP contribution in [0.4, 0.5) is 16.2 Å². The molecule has 0 aromatic heterocycles. The molecule has 31 heavy (non-hydrogen) atoms. The van der Waals surface area contributed by atoms with Gasteiger partial charge in [-0.3, -0.25) is 4.79 Å². The number of amides is 3. The molecule has 1 unspecified atom stereocenters. The van der Waals surface area contributed by atoms with Crippen LogP contribution in [0, 0.1) is 0 Å². The number of benzene rings is 3. The van der Waals surface area contributed by atoms with E-state index in [4.69, 9.17) is 4.74 Å². The molecule has 3 amide bonds. The number of carbonyl (C=O) groups excluding carboxylic acids is 2. The first-order valence-corrected chi connectivity index (χ1v) is 10.8. The summed E-state index contributed by atoms with van der Waals surface area (Å²) < 4.78 is 6.87. The SMILES string of the molecule is O=C(Nc1ccccc1)Nc1ccc(C(=O)N2CCOC(c3ccc(Br)cc3)C2)cc1. The highest BCUT2D eigenvalue weighted by molar-refractivity contribution is 9.10. The lowest BCUT2D eigenvalue weighted by atomic mass is 10.1. The molecule has 0 saturated carbocycles. The van der Waals surface area contributed by atoms with Gasteiger partial charge in [-0.25, -0.2) is 4.79 Å². The molecule has 4 rings (SSSR count). The third kappa shape index (κ3) is 5.51. The van der Waals surface area contributed by atoms with Crippen LogP contribution < -0.4 is 10.6 Å². The molecule has 1 atom stereocenters. The first kappa shape index (κ1) is 21.1. The number of rotatable bonds is 4. The van der Waals surface area contributed by atoms with Gasteiger partial charge in [0, 0.05) is 28.0 Å². The third-order valence-electron chi connectivity index (χ3n) is 5.02. The van der Waals surface area contributed by atoms with Crippen LogP contribution in [0.15, 0.2) is 83.3 Å². The summed E-state index contributed by atoms with van der Waals surface area (Å²) in [6.45, 7) is 1.54. The lowest BCUT2D eigenvalue weighted by Gasteiger charge is -2.33. The number of anilines is 2.